The van der Waals surface area contributed by atoms with Gasteiger partial charge in [0.05, 0.1) is 22.6 Å². The van der Waals surface area contributed by atoms with E-state index in [9.17, 15) is 0 Å². The highest BCUT2D eigenvalue weighted by atomic mass is 14.9. The summed E-state index contributed by atoms with van der Waals surface area (Å²) in [7, 11) is 0. The zero-order valence-electron chi connectivity index (χ0n) is 28.3. The topological polar surface area (TPSA) is 51.6 Å². The first kappa shape index (κ1) is 31.0. The van der Waals surface area contributed by atoms with Crippen LogP contribution >= 0.6 is 0 Å². The summed E-state index contributed by atoms with van der Waals surface area (Å²) < 4.78 is 0. The van der Waals surface area contributed by atoms with Gasteiger partial charge in [0.2, 0.25) is 0 Å². The molecule has 4 heteroatoms. The maximum Gasteiger partial charge on any atom is 0.160 e. The van der Waals surface area contributed by atoms with E-state index in [-0.39, 0.29) is 0 Å². The second kappa shape index (κ2) is 13.7. The SMILES string of the molecule is c1ccc(-c2ccc3nc(-c4cc(-c5ccc(-c6ccccc6)nc5)cc(-c5ccc(-c6ccccc6)nc5)c4)nc(-c4ccccc4)c3c2)cc1. The van der Waals surface area contributed by atoms with E-state index < -0.39 is 0 Å². The van der Waals surface area contributed by atoms with Crippen molar-refractivity contribution >= 4 is 10.9 Å². The third-order valence-corrected chi connectivity index (χ3v) is 9.37. The lowest BCUT2D eigenvalue weighted by Crippen LogP contribution is -1.97. The Morgan fingerprint density at radius 1 is 0.288 bits per heavy atom. The minimum Gasteiger partial charge on any atom is -0.256 e. The first-order chi connectivity index (χ1) is 25.7. The number of pyridine rings is 2. The molecule has 0 saturated heterocycles. The van der Waals surface area contributed by atoms with Crippen LogP contribution in [-0.4, -0.2) is 19.9 Å². The molecule has 0 bridgehead atoms. The average Bonchev–Trinajstić information content (AvgIpc) is 3.24. The van der Waals surface area contributed by atoms with E-state index in [0.717, 1.165) is 83.6 Å². The van der Waals surface area contributed by atoms with Crippen LogP contribution in [0.1, 0.15) is 0 Å². The highest BCUT2D eigenvalue weighted by Gasteiger charge is 2.16. The van der Waals surface area contributed by atoms with Gasteiger partial charge in [-0.1, -0.05) is 140 Å². The van der Waals surface area contributed by atoms with Crippen molar-refractivity contribution in [1.82, 2.24) is 19.9 Å². The highest BCUT2D eigenvalue weighted by molar-refractivity contribution is 5.96. The van der Waals surface area contributed by atoms with E-state index in [1.165, 1.54) is 0 Å². The summed E-state index contributed by atoms with van der Waals surface area (Å²) in [5.74, 6) is 0.657. The molecule has 0 spiro atoms. The van der Waals surface area contributed by atoms with Crippen LogP contribution in [0.15, 0.2) is 194 Å². The number of benzene rings is 6. The van der Waals surface area contributed by atoms with Crippen LogP contribution < -0.4 is 0 Å². The largest absolute Gasteiger partial charge is 0.256 e. The van der Waals surface area contributed by atoms with Crippen molar-refractivity contribution in [2.24, 2.45) is 0 Å². The highest BCUT2D eigenvalue weighted by Crippen LogP contribution is 2.36. The zero-order valence-corrected chi connectivity index (χ0v) is 28.3. The summed E-state index contributed by atoms with van der Waals surface area (Å²) in [5.41, 5.74) is 14.1. The summed E-state index contributed by atoms with van der Waals surface area (Å²) in [6.07, 6.45) is 3.90. The molecular formula is C48H32N4. The van der Waals surface area contributed by atoms with Crippen LogP contribution in [-0.2, 0) is 0 Å². The van der Waals surface area contributed by atoms with Gasteiger partial charge in [0.15, 0.2) is 5.82 Å². The molecule has 0 aliphatic heterocycles. The molecule has 0 fully saturated rings. The van der Waals surface area contributed by atoms with Gasteiger partial charge in [0, 0.05) is 51.2 Å². The second-order valence-electron chi connectivity index (χ2n) is 12.8. The fraction of sp³-hybridized carbons (Fsp3) is 0. The molecule has 4 nitrogen and oxygen atoms in total. The smallest absolute Gasteiger partial charge is 0.160 e. The van der Waals surface area contributed by atoms with Crippen LogP contribution in [0.25, 0.3) is 89.4 Å². The molecule has 9 rings (SSSR count). The molecule has 244 valence electrons. The summed E-state index contributed by atoms with van der Waals surface area (Å²) >= 11 is 0. The van der Waals surface area contributed by atoms with E-state index in [4.69, 9.17) is 19.9 Å². The molecule has 0 amide bonds. The molecule has 0 aliphatic carbocycles. The standard InChI is InChI=1S/C48H32N4/c1-5-13-33(14-6-1)37-21-26-46-43(30-37)47(36-19-11-4-12-20-36)52-48(51-46)42-28-40(38-22-24-44(49-31-38)34-15-7-2-8-16-34)27-41(29-42)39-23-25-45(50-32-39)35-17-9-3-10-18-35/h1-32H. The van der Waals surface area contributed by atoms with Gasteiger partial charge >= 0.3 is 0 Å². The molecule has 0 atom stereocenters. The first-order valence-electron chi connectivity index (χ1n) is 17.4. The Balaban J connectivity index is 1.20. The quantitative estimate of drug-likeness (QED) is 0.170. The van der Waals surface area contributed by atoms with E-state index in [2.05, 4.69) is 133 Å². The number of rotatable bonds is 7. The Morgan fingerprint density at radius 3 is 1.25 bits per heavy atom. The van der Waals surface area contributed by atoms with Gasteiger partial charge in [0.25, 0.3) is 0 Å². The summed E-state index contributed by atoms with van der Waals surface area (Å²) in [5, 5.41) is 1.01. The van der Waals surface area contributed by atoms with Crippen LogP contribution in [0, 0.1) is 0 Å². The van der Waals surface area contributed by atoms with Gasteiger partial charge in [-0.05, 0) is 64.7 Å². The van der Waals surface area contributed by atoms with Gasteiger partial charge < -0.3 is 0 Å². The van der Waals surface area contributed by atoms with Crippen LogP contribution in [0.4, 0.5) is 0 Å². The van der Waals surface area contributed by atoms with Gasteiger partial charge in [-0.25, -0.2) is 9.97 Å². The first-order valence-corrected chi connectivity index (χ1v) is 17.4. The molecule has 9 aromatic rings. The van der Waals surface area contributed by atoms with Crippen LogP contribution in [0.5, 0.6) is 0 Å². The Kier molecular flexibility index (Phi) is 8.16. The number of hydrogen-bond donors (Lipinski definition) is 0. The van der Waals surface area contributed by atoms with E-state index in [1.54, 1.807) is 0 Å². The Bertz CT molecular complexity index is 2520. The molecule has 6 aromatic carbocycles. The van der Waals surface area contributed by atoms with E-state index in [0.29, 0.717) is 5.82 Å². The molecule has 0 N–H and O–H groups in total. The van der Waals surface area contributed by atoms with E-state index >= 15 is 0 Å². The molecule has 0 aliphatic rings. The van der Waals surface area contributed by atoms with Gasteiger partial charge in [0.1, 0.15) is 0 Å². The molecule has 3 aromatic heterocycles. The van der Waals surface area contributed by atoms with Crippen LogP contribution in [0.3, 0.4) is 0 Å². The number of aromatic nitrogens is 4. The maximum absolute atomic E-state index is 5.31. The number of fused-ring (bicyclic) bond motifs is 1. The predicted octanol–water partition coefficient (Wildman–Crippen LogP) is 12.1. The predicted molar refractivity (Wildman–Crippen MR) is 213 cm³/mol. The van der Waals surface area contributed by atoms with Gasteiger partial charge in [-0.15, -0.1) is 0 Å². The molecule has 3 heterocycles. The zero-order chi connectivity index (χ0) is 34.7. The average molecular weight is 665 g/mol. The lowest BCUT2D eigenvalue weighted by molar-refractivity contribution is 1.23. The van der Waals surface area contributed by atoms with Crippen molar-refractivity contribution < 1.29 is 0 Å². The second-order valence-corrected chi connectivity index (χ2v) is 12.8. The molecule has 0 unspecified atom stereocenters. The molecule has 0 radical (unpaired) electrons. The van der Waals surface area contributed by atoms with Crippen LogP contribution in [0.2, 0.25) is 0 Å². The minimum atomic E-state index is 0.657. The van der Waals surface area contributed by atoms with E-state index in [1.807, 2.05) is 60.9 Å². The third kappa shape index (κ3) is 6.26. The Labute approximate surface area is 302 Å². The number of hydrogen-bond acceptors (Lipinski definition) is 4. The van der Waals surface area contributed by atoms with Crippen molar-refractivity contribution in [2.45, 2.75) is 0 Å². The van der Waals surface area contributed by atoms with Gasteiger partial charge in [-0.2, -0.15) is 0 Å². The lowest BCUT2D eigenvalue weighted by Gasteiger charge is -2.14. The van der Waals surface area contributed by atoms with Crippen molar-refractivity contribution in [3.05, 3.63) is 194 Å². The maximum atomic E-state index is 5.31. The normalized spacial score (nSPS) is 11.1. The molecule has 52 heavy (non-hydrogen) atoms. The minimum absolute atomic E-state index is 0.657. The molecular weight excluding hydrogens is 633 g/mol. The third-order valence-electron chi connectivity index (χ3n) is 9.37. The lowest BCUT2D eigenvalue weighted by atomic mass is 9.96. The van der Waals surface area contributed by atoms with Crippen molar-refractivity contribution in [1.29, 1.82) is 0 Å². The fourth-order valence-electron chi connectivity index (χ4n) is 6.66. The number of nitrogens with zero attached hydrogens (tertiary/aromatic N) is 4. The summed E-state index contributed by atoms with van der Waals surface area (Å²) in [4.78, 5) is 20.2. The molecule has 0 saturated carbocycles. The monoisotopic (exact) mass is 664 g/mol. The Hall–Kier alpha value is -7.04. The Morgan fingerprint density at radius 2 is 0.750 bits per heavy atom. The van der Waals surface area contributed by atoms with Gasteiger partial charge in [-0.3, -0.25) is 9.97 Å². The fourth-order valence-corrected chi connectivity index (χ4v) is 6.66. The van der Waals surface area contributed by atoms with Crippen molar-refractivity contribution in [2.75, 3.05) is 0 Å². The van der Waals surface area contributed by atoms with Crippen molar-refractivity contribution in [3.8, 4) is 78.5 Å². The van der Waals surface area contributed by atoms with Crippen molar-refractivity contribution in [3.63, 3.8) is 0 Å². The summed E-state index contributed by atoms with van der Waals surface area (Å²) in [6, 6.07) is 62.8. The summed E-state index contributed by atoms with van der Waals surface area (Å²) in [6.45, 7) is 0.